The molecule has 1 heteroatoms. The van der Waals surface area contributed by atoms with E-state index in [-0.39, 0.29) is 11.7 Å². The van der Waals surface area contributed by atoms with Gasteiger partial charge >= 0.3 is 0 Å². The second-order valence-electron chi connectivity index (χ2n) is 3.84. The van der Waals surface area contributed by atoms with E-state index in [1.807, 2.05) is 53.7 Å². The summed E-state index contributed by atoms with van der Waals surface area (Å²) in [5, 5.41) is 0. The molecule has 84 valence electrons. The quantitative estimate of drug-likeness (QED) is 0.664. The van der Waals surface area contributed by atoms with Crippen LogP contribution in [0.4, 0.5) is 0 Å². The van der Waals surface area contributed by atoms with E-state index in [0.717, 1.165) is 11.1 Å². The summed E-state index contributed by atoms with van der Waals surface area (Å²) in [4.78, 5) is 11.7. The van der Waals surface area contributed by atoms with Crippen LogP contribution in [0.3, 0.4) is 0 Å². The van der Waals surface area contributed by atoms with Gasteiger partial charge < -0.3 is 0 Å². The summed E-state index contributed by atoms with van der Waals surface area (Å²) in [7, 11) is 0. The van der Waals surface area contributed by atoms with E-state index in [4.69, 9.17) is 0 Å². The number of carbonyl (C=O) groups excluding carboxylic acids is 1. The average Bonchev–Trinajstić information content (AvgIpc) is 2.20. The topological polar surface area (TPSA) is 17.1 Å². The standard InChI is InChI=1S/C12H16O.C2H6/c1-8(2)12(13)11-6-5-9(3)7-10(11)4;1-2/h5-8H,1-4H3;1-2H3. The van der Waals surface area contributed by atoms with Gasteiger partial charge in [-0.3, -0.25) is 4.79 Å². The normalized spacial score (nSPS) is 9.53. The van der Waals surface area contributed by atoms with E-state index >= 15 is 0 Å². The molecule has 0 spiro atoms. The maximum atomic E-state index is 11.7. The second kappa shape index (κ2) is 6.39. The first-order valence-electron chi connectivity index (χ1n) is 5.64. The molecule has 0 aromatic heterocycles. The first kappa shape index (κ1) is 13.9. The molecular formula is C14H22O. The van der Waals surface area contributed by atoms with Crippen molar-refractivity contribution in [3.8, 4) is 0 Å². The van der Waals surface area contributed by atoms with Gasteiger partial charge in [0.1, 0.15) is 0 Å². The Bertz CT molecular complexity index is 324. The maximum absolute atomic E-state index is 11.7. The van der Waals surface area contributed by atoms with Gasteiger partial charge in [-0.05, 0) is 19.4 Å². The van der Waals surface area contributed by atoms with Crippen LogP contribution in [0.2, 0.25) is 0 Å². The van der Waals surface area contributed by atoms with Gasteiger partial charge in [-0.1, -0.05) is 51.5 Å². The predicted molar refractivity (Wildman–Crippen MR) is 66.4 cm³/mol. The summed E-state index contributed by atoms with van der Waals surface area (Å²) in [6.45, 7) is 11.9. The summed E-state index contributed by atoms with van der Waals surface area (Å²) in [5.41, 5.74) is 3.15. The van der Waals surface area contributed by atoms with Crippen molar-refractivity contribution < 1.29 is 4.79 Å². The third-order valence-corrected chi connectivity index (χ3v) is 2.17. The van der Waals surface area contributed by atoms with Gasteiger partial charge in [0.25, 0.3) is 0 Å². The lowest BCUT2D eigenvalue weighted by Crippen LogP contribution is -2.09. The molecule has 0 unspecified atom stereocenters. The van der Waals surface area contributed by atoms with Gasteiger partial charge in [0, 0.05) is 11.5 Å². The van der Waals surface area contributed by atoms with E-state index < -0.39 is 0 Å². The van der Waals surface area contributed by atoms with Crippen LogP contribution in [-0.2, 0) is 0 Å². The highest BCUT2D eigenvalue weighted by Crippen LogP contribution is 2.14. The minimum Gasteiger partial charge on any atom is -0.294 e. The van der Waals surface area contributed by atoms with Gasteiger partial charge in [-0.15, -0.1) is 0 Å². The van der Waals surface area contributed by atoms with E-state index in [2.05, 4.69) is 6.07 Å². The number of benzene rings is 1. The summed E-state index contributed by atoms with van der Waals surface area (Å²) in [6.07, 6.45) is 0. The first-order chi connectivity index (χ1) is 7.02. The molecule has 1 rings (SSSR count). The summed E-state index contributed by atoms with van der Waals surface area (Å²) in [6, 6.07) is 5.96. The smallest absolute Gasteiger partial charge is 0.165 e. The fourth-order valence-electron chi connectivity index (χ4n) is 1.40. The monoisotopic (exact) mass is 206 g/mol. The Hall–Kier alpha value is -1.11. The molecule has 1 nitrogen and oxygen atoms in total. The van der Waals surface area contributed by atoms with Crippen LogP contribution in [0, 0.1) is 19.8 Å². The van der Waals surface area contributed by atoms with Gasteiger partial charge in [0.15, 0.2) is 5.78 Å². The number of hydrogen-bond donors (Lipinski definition) is 0. The Morgan fingerprint density at radius 1 is 1.13 bits per heavy atom. The largest absolute Gasteiger partial charge is 0.294 e. The number of rotatable bonds is 2. The van der Waals surface area contributed by atoms with Gasteiger partial charge in [-0.2, -0.15) is 0 Å². The van der Waals surface area contributed by atoms with Crippen molar-refractivity contribution in [3.63, 3.8) is 0 Å². The summed E-state index contributed by atoms with van der Waals surface area (Å²) in [5.74, 6) is 0.318. The zero-order chi connectivity index (χ0) is 12.0. The summed E-state index contributed by atoms with van der Waals surface area (Å²) < 4.78 is 0. The Kier molecular flexibility index (Phi) is 5.92. The molecule has 1 aromatic carbocycles. The molecule has 0 bridgehead atoms. The summed E-state index contributed by atoms with van der Waals surface area (Å²) >= 11 is 0. The van der Waals surface area contributed by atoms with Crippen LogP contribution in [0.1, 0.15) is 49.2 Å². The van der Waals surface area contributed by atoms with Crippen LogP contribution in [0.25, 0.3) is 0 Å². The Balaban J connectivity index is 0.000000921. The number of hydrogen-bond acceptors (Lipinski definition) is 1. The van der Waals surface area contributed by atoms with E-state index in [9.17, 15) is 4.79 Å². The fraction of sp³-hybridized carbons (Fsp3) is 0.500. The molecular weight excluding hydrogens is 184 g/mol. The van der Waals surface area contributed by atoms with Gasteiger partial charge in [0.05, 0.1) is 0 Å². The van der Waals surface area contributed by atoms with Crippen LogP contribution < -0.4 is 0 Å². The number of ketones is 1. The van der Waals surface area contributed by atoms with Crippen LogP contribution in [0.5, 0.6) is 0 Å². The highest BCUT2D eigenvalue weighted by atomic mass is 16.1. The van der Waals surface area contributed by atoms with Crippen molar-refractivity contribution in [2.75, 3.05) is 0 Å². The molecule has 0 aliphatic rings. The van der Waals surface area contributed by atoms with Crippen molar-refractivity contribution in [2.24, 2.45) is 5.92 Å². The van der Waals surface area contributed by atoms with Crippen molar-refractivity contribution in [3.05, 3.63) is 34.9 Å². The number of Topliss-reactive ketones (excluding diaryl/α,β-unsaturated/α-hetero) is 1. The van der Waals surface area contributed by atoms with Crippen LogP contribution in [-0.4, -0.2) is 5.78 Å². The van der Waals surface area contributed by atoms with E-state index in [1.54, 1.807) is 0 Å². The molecule has 0 aliphatic carbocycles. The van der Waals surface area contributed by atoms with Crippen LogP contribution in [0.15, 0.2) is 18.2 Å². The average molecular weight is 206 g/mol. The fourth-order valence-corrected chi connectivity index (χ4v) is 1.40. The van der Waals surface area contributed by atoms with Crippen molar-refractivity contribution in [2.45, 2.75) is 41.5 Å². The lowest BCUT2D eigenvalue weighted by Gasteiger charge is -2.07. The molecule has 0 N–H and O–H groups in total. The molecule has 0 saturated carbocycles. The van der Waals surface area contributed by atoms with Crippen molar-refractivity contribution >= 4 is 5.78 Å². The molecule has 0 heterocycles. The van der Waals surface area contributed by atoms with Crippen LogP contribution >= 0.6 is 0 Å². The minimum atomic E-state index is 0.0846. The molecule has 0 aliphatic heterocycles. The van der Waals surface area contributed by atoms with E-state index in [1.165, 1.54) is 5.56 Å². The highest BCUT2D eigenvalue weighted by Gasteiger charge is 2.12. The van der Waals surface area contributed by atoms with E-state index in [0.29, 0.717) is 0 Å². The SMILES string of the molecule is CC.Cc1ccc(C(=O)C(C)C)c(C)c1. The zero-order valence-electron chi connectivity index (χ0n) is 10.7. The maximum Gasteiger partial charge on any atom is 0.165 e. The first-order valence-corrected chi connectivity index (χ1v) is 5.64. The van der Waals surface area contributed by atoms with Gasteiger partial charge in [0.2, 0.25) is 0 Å². The number of carbonyl (C=O) groups is 1. The van der Waals surface area contributed by atoms with Crippen molar-refractivity contribution in [1.29, 1.82) is 0 Å². The molecule has 0 atom stereocenters. The minimum absolute atomic E-state index is 0.0846. The molecule has 0 fully saturated rings. The molecule has 0 amide bonds. The Morgan fingerprint density at radius 3 is 2.07 bits per heavy atom. The third-order valence-electron chi connectivity index (χ3n) is 2.17. The molecule has 1 aromatic rings. The Labute approximate surface area is 93.5 Å². The highest BCUT2D eigenvalue weighted by molar-refractivity contribution is 5.98. The zero-order valence-corrected chi connectivity index (χ0v) is 10.7. The van der Waals surface area contributed by atoms with Crippen molar-refractivity contribution in [1.82, 2.24) is 0 Å². The lowest BCUT2D eigenvalue weighted by atomic mass is 9.96. The molecule has 0 radical (unpaired) electrons. The second-order valence-corrected chi connectivity index (χ2v) is 3.84. The lowest BCUT2D eigenvalue weighted by molar-refractivity contribution is 0.0939. The molecule has 0 saturated heterocycles. The number of aryl methyl sites for hydroxylation is 2. The predicted octanol–water partition coefficient (Wildman–Crippen LogP) is 4.17. The molecule has 15 heavy (non-hydrogen) atoms. The Morgan fingerprint density at radius 2 is 1.67 bits per heavy atom. The third kappa shape index (κ3) is 3.86. The van der Waals surface area contributed by atoms with Gasteiger partial charge in [-0.25, -0.2) is 0 Å².